The summed E-state index contributed by atoms with van der Waals surface area (Å²) in [5.74, 6) is -1.90. The van der Waals surface area contributed by atoms with Gasteiger partial charge in [-0.2, -0.15) is 0 Å². The standard InChI is InChI=1S/C19H15N3O4.Zn/c23-16-10-3-1-6-12(16)21-18(25)14-8-5-9-15(20-14)19(26)22-13-7-2-4-11-17(13)24;/h1-11,23-24H,(H,21,25)(H,22,26);/q;+2/p-2. The van der Waals surface area contributed by atoms with E-state index in [0.717, 1.165) is 0 Å². The predicted molar refractivity (Wildman–Crippen MR) is 91.9 cm³/mol. The van der Waals surface area contributed by atoms with Crippen LogP contribution in [0, 0.1) is 0 Å². The molecule has 0 radical (unpaired) electrons. The molecule has 0 aliphatic carbocycles. The Hall–Kier alpha value is -3.25. The van der Waals surface area contributed by atoms with Gasteiger partial charge in [-0.1, -0.05) is 54.0 Å². The molecular formula is C19H13N3O4Zn. The van der Waals surface area contributed by atoms with Crippen LogP contribution >= 0.6 is 0 Å². The van der Waals surface area contributed by atoms with Crippen molar-refractivity contribution < 1.29 is 39.3 Å². The van der Waals surface area contributed by atoms with Crippen molar-refractivity contribution in [2.24, 2.45) is 0 Å². The molecule has 0 aliphatic rings. The van der Waals surface area contributed by atoms with E-state index in [-0.39, 0.29) is 53.7 Å². The second kappa shape index (κ2) is 8.91. The van der Waals surface area contributed by atoms with Crippen LogP contribution in [-0.2, 0) is 19.5 Å². The summed E-state index contributed by atoms with van der Waals surface area (Å²) in [5, 5.41) is 28.2. The maximum Gasteiger partial charge on any atom is 2.00 e. The second-order valence-electron chi connectivity index (χ2n) is 5.31. The molecule has 8 heteroatoms. The number of para-hydroxylation sites is 4. The maximum absolute atomic E-state index is 12.3. The molecule has 0 unspecified atom stereocenters. The number of rotatable bonds is 4. The van der Waals surface area contributed by atoms with Gasteiger partial charge in [0.05, 0.1) is 0 Å². The van der Waals surface area contributed by atoms with E-state index in [9.17, 15) is 19.8 Å². The first-order valence-corrected chi connectivity index (χ1v) is 7.66. The molecule has 2 aromatic carbocycles. The van der Waals surface area contributed by atoms with Crippen LogP contribution in [0.25, 0.3) is 0 Å². The summed E-state index contributed by atoms with van der Waals surface area (Å²) in [4.78, 5) is 28.5. The largest absolute Gasteiger partial charge is 2.00 e. The quantitative estimate of drug-likeness (QED) is 0.633. The van der Waals surface area contributed by atoms with Crippen molar-refractivity contribution >= 4 is 23.2 Å². The van der Waals surface area contributed by atoms with Crippen LogP contribution in [0.4, 0.5) is 11.4 Å². The third kappa shape index (κ3) is 4.89. The van der Waals surface area contributed by atoms with Crippen LogP contribution in [0.2, 0.25) is 0 Å². The van der Waals surface area contributed by atoms with E-state index in [1.54, 1.807) is 24.3 Å². The van der Waals surface area contributed by atoms with Crippen LogP contribution in [0.1, 0.15) is 21.0 Å². The first kappa shape index (κ1) is 20.1. The molecule has 3 aromatic rings. The van der Waals surface area contributed by atoms with Crippen LogP contribution in [0.15, 0.2) is 66.7 Å². The van der Waals surface area contributed by atoms with E-state index in [1.807, 2.05) is 0 Å². The van der Waals surface area contributed by atoms with Gasteiger partial charge in [0, 0.05) is 11.4 Å². The third-order valence-electron chi connectivity index (χ3n) is 3.48. The van der Waals surface area contributed by atoms with Crippen molar-refractivity contribution in [1.29, 1.82) is 0 Å². The number of carbonyl (C=O) groups is 2. The zero-order chi connectivity index (χ0) is 18.5. The fraction of sp³-hybridized carbons (Fsp3) is 0. The molecule has 27 heavy (non-hydrogen) atoms. The Morgan fingerprint density at radius 3 is 1.48 bits per heavy atom. The normalized spacial score (nSPS) is 9.78. The second-order valence-corrected chi connectivity index (χ2v) is 5.31. The van der Waals surface area contributed by atoms with Crippen molar-refractivity contribution in [1.82, 2.24) is 4.98 Å². The Morgan fingerprint density at radius 1 is 0.667 bits per heavy atom. The van der Waals surface area contributed by atoms with Crippen molar-refractivity contribution in [3.8, 4) is 11.5 Å². The maximum atomic E-state index is 12.3. The summed E-state index contributed by atoms with van der Waals surface area (Å²) < 4.78 is 0. The number of pyridine rings is 1. The molecule has 0 atom stereocenters. The minimum absolute atomic E-state index is 0. The monoisotopic (exact) mass is 411 g/mol. The fourth-order valence-electron chi connectivity index (χ4n) is 2.20. The number of nitrogens with one attached hydrogen (secondary N) is 2. The van der Waals surface area contributed by atoms with Gasteiger partial charge in [-0.15, -0.1) is 0 Å². The van der Waals surface area contributed by atoms with Gasteiger partial charge in [-0.3, -0.25) is 9.59 Å². The molecule has 2 amide bonds. The molecule has 130 valence electrons. The van der Waals surface area contributed by atoms with Gasteiger partial charge in [0.25, 0.3) is 11.8 Å². The van der Waals surface area contributed by atoms with Crippen molar-refractivity contribution in [3.05, 3.63) is 78.1 Å². The van der Waals surface area contributed by atoms with E-state index in [0.29, 0.717) is 0 Å². The minimum atomic E-state index is -0.618. The minimum Gasteiger partial charge on any atom is -0.871 e. The van der Waals surface area contributed by atoms with Crippen molar-refractivity contribution in [3.63, 3.8) is 0 Å². The van der Waals surface area contributed by atoms with Gasteiger partial charge in [-0.25, -0.2) is 4.98 Å². The zero-order valence-corrected chi connectivity index (χ0v) is 17.1. The molecule has 1 heterocycles. The number of amides is 2. The van der Waals surface area contributed by atoms with Crippen molar-refractivity contribution in [2.45, 2.75) is 0 Å². The molecular weight excluding hydrogens is 400 g/mol. The molecule has 7 nitrogen and oxygen atoms in total. The van der Waals surface area contributed by atoms with Crippen LogP contribution in [0.5, 0.6) is 11.5 Å². The summed E-state index contributed by atoms with van der Waals surface area (Å²) in [5.41, 5.74) is 0.177. The number of anilines is 2. The Labute approximate surface area is 167 Å². The average molecular weight is 413 g/mol. The Morgan fingerprint density at radius 2 is 1.07 bits per heavy atom. The van der Waals surface area contributed by atoms with Gasteiger partial charge >= 0.3 is 19.5 Å². The number of nitrogens with zero attached hydrogens (tertiary/aromatic N) is 1. The first-order chi connectivity index (χ1) is 12.5. The third-order valence-corrected chi connectivity index (χ3v) is 3.48. The molecule has 0 saturated carbocycles. The van der Waals surface area contributed by atoms with Crippen molar-refractivity contribution in [2.75, 3.05) is 10.6 Å². The zero-order valence-electron chi connectivity index (χ0n) is 14.1. The fourth-order valence-corrected chi connectivity index (χ4v) is 2.20. The topological polar surface area (TPSA) is 117 Å². The number of carbonyl (C=O) groups excluding carboxylic acids is 2. The Kier molecular flexibility index (Phi) is 6.63. The summed E-state index contributed by atoms with van der Waals surface area (Å²) in [6, 6.07) is 16.3. The number of benzene rings is 2. The number of hydrogen-bond donors (Lipinski definition) is 2. The first-order valence-electron chi connectivity index (χ1n) is 7.66. The Balaban J connectivity index is 0.00000261. The summed E-state index contributed by atoms with van der Waals surface area (Å²) in [6.45, 7) is 0. The molecule has 2 N–H and O–H groups in total. The van der Waals surface area contributed by atoms with Gasteiger partial charge in [0.15, 0.2) is 0 Å². The van der Waals surface area contributed by atoms with Gasteiger partial charge in [0.2, 0.25) is 0 Å². The van der Waals surface area contributed by atoms with Crippen LogP contribution < -0.4 is 20.8 Å². The molecule has 0 fully saturated rings. The summed E-state index contributed by atoms with van der Waals surface area (Å²) in [7, 11) is 0. The molecule has 0 saturated heterocycles. The van der Waals surface area contributed by atoms with Gasteiger partial charge in [-0.05, 0) is 24.3 Å². The van der Waals surface area contributed by atoms with Crippen LogP contribution in [0.3, 0.4) is 0 Å². The van der Waals surface area contributed by atoms with E-state index >= 15 is 0 Å². The molecule has 1 aromatic heterocycles. The summed E-state index contributed by atoms with van der Waals surface area (Å²) >= 11 is 0. The predicted octanol–water partition coefficient (Wildman–Crippen LogP) is 1.73. The van der Waals surface area contributed by atoms with Crippen LogP contribution in [-0.4, -0.2) is 16.8 Å². The van der Waals surface area contributed by atoms with Gasteiger partial charge in [0.1, 0.15) is 11.4 Å². The molecule has 0 aliphatic heterocycles. The molecule has 3 rings (SSSR count). The summed E-state index contributed by atoms with van der Waals surface area (Å²) in [6.07, 6.45) is 0. The van der Waals surface area contributed by atoms with E-state index in [2.05, 4.69) is 15.6 Å². The SMILES string of the molecule is O=C(Nc1ccccc1[O-])c1cccc(C(=O)Nc2ccccc2[O-])n1.[Zn+2]. The van der Waals surface area contributed by atoms with E-state index < -0.39 is 11.8 Å². The van der Waals surface area contributed by atoms with E-state index in [1.165, 1.54) is 42.5 Å². The van der Waals surface area contributed by atoms with Gasteiger partial charge < -0.3 is 20.8 Å². The number of hydrogen-bond acceptors (Lipinski definition) is 5. The average Bonchev–Trinajstić information content (AvgIpc) is 2.65. The number of aromatic nitrogens is 1. The Bertz CT molecular complexity index is 904. The smallest absolute Gasteiger partial charge is 0.871 e. The van der Waals surface area contributed by atoms with E-state index in [4.69, 9.17) is 0 Å². The molecule has 0 spiro atoms. The molecule has 0 bridgehead atoms.